The lowest BCUT2D eigenvalue weighted by Crippen LogP contribution is -2.12. The van der Waals surface area contributed by atoms with Crippen LogP contribution in [-0.4, -0.2) is 4.99 Å². The quantitative estimate of drug-likeness (QED) is 0.417. The second-order valence-corrected chi connectivity index (χ2v) is 3.89. The van der Waals surface area contributed by atoms with Crippen molar-refractivity contribution in [1.82, 2.24) is 0 Å². The predicted octanol–water partition coefficient (Wildman–Crippen LogP) is 2.30. The van der Waals surface area contributed by atoms with Crippen molar-refractivity contribution >= 4 is 17.2 Å². The largest absolute Gasteiger partial charge is 0.389 e. The summed E-state index contributed by atoms with van der Waals surface area (Å²) in [6, 6.07) is 2.04. The van der Waals surface area contributed by atoms with Gasteiger partial charge < -0.3 is 5.73 Å². The fourth-order valence-corrected chi connectivity index (χ4v) is 1.82. The van der Waals surface area contributed by atoms with Gasteiger partial charge in [0.2, 0.25) is 0 Å². The monoisotopic (exact) mass is 194 g/mol. The lowest BCUT2D eigenvalue weighted by atomic mass is 9.88. The SMILES string of the molecule is N#C/C(=C\C1CCCCC1)C(N)=S. The maximum Gasteiger partial charge on any atom is 0.114 e. The molecular weight excluding hydrogens is 180 g/mol. The molecule has 0 aromatic heterocycles. The van der Waals surface area contributed by atoms with Crippen molar-refractivity contribution in [3.8, 4) is 6.07 Å². The number of rotatable bonds is 2. The second-order valence-electron chi connectivity index (χ2n) is 3.45. The zero-order chi connectivity index (χ0) is 9.68. The van der Waals surface area contributed by atoms with E-state index in [0.29, 0.717) is 11.5 Å². The summed E-state index contributed by atoms with van der Waals surface area (Å²) >= 11 is 4.77. The number of nitriles is 1. The number of hydrogen-bond donors (Lipinski definition) is 1. The Hall–Kier alpha value is -0.880. The molecule has 0 bridgehead atoms. The van der Waals surface area contributed by atoms with Crippen LogP contribution in [0.25, 0.3) is 0 Å². The summed E-state index contributed by atoms with van der Waals surface area (Å²) in [6.45, 7) is 0. The van der Waals surface area contributed by atoms with E-state index in [1.807, 2.05) is 12.1 Å². The van der Waals surface area contributed by atoms with Gasteiger partial charge in [-0.15, -0.1) is 0 Å². The molecule has 0 atom stereocenters. The van der Waals surface area contributed by atoms with Crippen molar-refractivity contribution in [1.29, 1.82) is 5.26 Å². The highest BCUT2D eigenvalue weighted by Gasteiger charge is 2.12. The van der Waals surface area contributed by atoms with Crippen LogP contribution in [-0.2, 0) is 0 Å². The average molecular weight is 194 g/mol. The van der Waals surface area contributed by atoms with E-state index in [2.05, 4.69) is 0 Å². The Morgan fingerprint density at radius 2 is 2.00 bits per heavy atom. The van der Waals surface area contributed by atoms with Gasteiger partial charge in [0, 0.05) is 0 Å². The number of nitrogens with two attached hydrogens (primary N) is 1. The molecule has 1 saturated carbocycles. The Bertz CT molecular complexity index is 257. The highest BCUT2D eigenvalue weighted by Crippen LogP contribution is 2.25. The molecule has 0 saturated heterocycles. The summed E-state index contributed by atoms with van der Waals surface area (Å²) in [4.78, 5) is 0.230. The molecule has 0 spiro atoms. The van der Waals surface area contributed by atoms with Crippen LogP contribution in [0, 0.1) is 17.2 Å². The van der Waals surface area contributed by atoms with Gasteiger partial charge in [-0.25, -0.2) is 0 Å². The van der Waals surface area contributed by atoms with Gasteiger partial charge in [-0.2, -0.15) is 5.26 Å². The molecule has 0 radical (unpaired) electrons. The Kier molecular flexibility index (Phi) is 3.91. The molecule has 3 heteroatoms. The Labute approximate surface area is 84.4 Å². The van der Waals surface area contributed by atoms with Crippen molar-refractivity contribution < 1.29 is 0 Å². The molecule has 1 aliphatic rings. The molecule has 2 nitrogen and oxygen atoms in total. The van der Waals surface area contributed by atoms with Crippen LogP contribution in [0.15, 0.2) is 11.6 Å². The first-order valence-electron chi connectivity index (χ1n) is 4.65. The van der Waals surface area contributed by atoms with Crippen LogP contribution in [0.2, 0.25) is 0 Å². The number of thiocarbonyl (C=S) groups is 1. The molecule has 13 heavy (non-hydrogen) atoms. The molecule has 1 aliphatic carbocycles. The van der Waals surface area contributed by atoms with Crippen molar-refractivity contribution in [2.45, 2.75) is 32.1 Å². The van der Waals surface area contributed by atoms with Gasteiger partial charge in [0.15, 0.2) is 0 Å². The highest BCUT2D eigenvalue weighted by molar-refractivity contribution is 7.80. The van der Waals surface area contributed by atoms with E-state index in [0.717, 1.165) is 0 Å². The van der Waals surface area contributed by atoms with Gasteiger partial charge in [0.1, 0.15) is 11.1 Å². The van der Waals surface area contributed by atoms with Crippen molar-refractivity contribution in [2.75, 3.05) is 0 Å². The fraction of sp³-hybridized carbons (Fsp3) is 0.600. The van der Waals surface area contributed by atoms with Crippen LogP contribution in [0.4, 0.5) is 0 Å². The van der Waals surface area contributed by atoms with E-state index >= 15 is 0 Å². The fourth-order valence-electron chi connectivity index (χ4n) is 1.71. The normalized spacial score (nSPS) is 19.5. The maximum absolute atomic E-state index is 8.74. The van der Waals surface area contributed by atoms with Gasteiger partial charge in [-0.3, -0.25) is 0 Å². The minimum absolute atomic E-state index is 0.230. The number of allylic oxidation sites excluding steroid dienone is 1. The summed E-state index contributed by atoms with van der Waals surface area (Å²) in [5.41, 5.74) is 5.89. The van der Waals surface area contributed by atoms with Crippen LogP contribution in [0.1, 0.15) is 32.1 Å². The van der Waals surface area contributed by atoms with Crippen molar-refractivity contribution in [2.24, 2.45) is 11.7 Å². The second kappa shape index (κ2) is 4.98. The lowest BCUT2D eigenvalue weighted by molar-refractivity contribution is 0.419. The van der Waals surface area contributed by atoms with E-state index in [1.165, 1.54) is 32.1 Å². The molecule has 1 rings (SSSR count). The molecule has 2 N–H and O–H groups in total. The average Bonchev–Trinajstić information content (AvgIpc) is 2.15. The van der Waals surface area contributed by atoms with E-state index in [-0.39, 0.29) is 4.99 Å². The minimum atomic E-state index is 0.230. The molecular formula is C10H14N2S. The van der Waals surface area contributed by atoms with E-state index in [9.17, 15) is 0 Å². The molecule has 0 heterocycles. The predicted molar refractivity (Wildman–Crippen MR) is 57.1 cm³/mol. The van der Waals surface area contributed by atoms with Crippen LogP contribution in [0.3, 0.4) is 0 Å². The van der Waals surface area contributed by atoms with Gasteiger partial charge >= 0.3 is 0 Å². The summed E-state index contributed by atoms with van der Waals surface area (Å²) in [5.74, 6) is 0.518. The Morgan fingerprint density at radius 3 is 2.46 bits per heavy atom. The van der Waals surface area contributed by atoms with Crippen LogP contribution < -0.4 is 5.73 Å². The first-order chi connectivity index (χ1) is 6.24. The van der Waals surface area contributed by atoms with E-state index in [1.54, 1.807) is 0 Å². The maximum atomic E-state index is 8.74. The third-order valence-electron chi connectivity index (χ3n) is 2.44. The Balaban J connectivity index is 2.61. The lowest BCUT2D eigenvalue weighted by Gasteiger charge is -2.18. The third kappa shape index (κ3) is 3.16. The molecule has 1 fully saturated rings. The van der Waals surface area contributed by atoms with E-state index in [4.69, 9.17) is 23.2 Å². The molecule has 0 amide bonds. The van der Waals surface area contributed by atoms with E-state index < -0.39 is 0 Å². The first kappa shape index (κ1) is 10.2. The summed E-state index contributed by atoms with van der Waals surface area (Å²) in [5, 5.41) is 8.74. The summed E-state index contributed by atoms with van der Waals surface area (Å²) in [6.07, 6.45) is 8.14. The molecule has 0 unspecified atom stereocenters. The van der Waals surface area contributed by atoms with Gasteiger partial charge in [0.05, 0.1) is 5.57 Å². The zero-order valence-electron chi connectivity index (χ0n) is 7.62. The summed E-state index contributed by atoms with van der Waals surface area (Å²) < 4.78 is 0. The molecule has 0 aromatic rings. The topological polar surface area (TPSA) is 49.8 Å². The van der Waals surface area contributed by atoms with Gasteiger partial charge in [-0.1, -0.05) is 37.6 Å². The standard InChI is InChI=1S/C10H14N2S/c11-7-9(10(12)13)6-8-4-2-1-3-5-8/h6,8H,1-5H2,(H2,12,13)/b9-6+. The van der Waals surface area contributed by atoms with Crippen molar-refractivity contribution in [3.05, 3.63) is 11.6 Å². The smallest absolute Gasteiger partial charge is 0.114 e. The number of hydrogen-bond acceptors (Lipinski definition) is 2. The van der Waals surface area contributed by atoms with Crippen LogP contribution in [0.5, 0.6) is 0 Å². The molecule has 0 aromatic carbocycles. The minimum Gasteiger partial charge on any atom is -0.389 e. The van der Waals surface area contributed by atoms with Crippen LogP contribution >= 0.6 is 12.2 Å². The summed E-state index contributed by atoms with van der Waals surface area (Å²) in [7, 11) is 0. The van der Waals surface area contributed by atoms with Gasteiger partial charge in [-0.05, 0) is 18.8 Å². The third-order valence-corrected chi connectivity index (χ3v) is 2.66. The van der Waals surface area contributed by atoms with Crippen molar-refractivity contribution in [3.63, 3.8) is 0 Å². The zero-order valence-corrected chi connectivity index (χ0v) is 8.44. The Morgan fingerprint density at radius 1 is 1.38 bits per heavy atom. The van der Waals surface area contributed by atoms with Gasteiger partial charge in [0.25, 0.3) is 0 Å². The first-order valence-corrected chi connectivity index (χ1v) is 5.06. The molecule has 70 valence electrons. The molecule has 0 aliphatic heterocycles. The number of nitrogens with zero attached hydrogens (tertiary/aromatic N) is 1. The highest BCUT2D eigenvalue weighted by atomic mass is 32.1.